The average Bonchev–Trinajstić information content (AvgIpc) is 2.29. The Morgan fingerprint density at radius 1 is 1.50 bits per heavy atom. The molecule has 1 N–H and O–H groups in total. The van der Waals surface area contributed by atoms with Gasteiger partial charge < -0.3 is 5.32 Å². The van der Waals surface area contributed by atoms with Gasteiger partial charge in [-0.05, 0) is 0 Å². The van der Waals surface area contributed by atoms with Gasteiger partial charge in [0.25, 0.3) is 0 Å². The van der Waals surface area contributed by atoms with E-state index in [4.69, 9.17) is 0 Å². The number of hydrogen-bond acceptors (Lipinski definition) is 3. The molecule has 0 aromatic carbocycles. The summed E-state index contributed by atoms with van der Waals surface area (Å²) in [7, 11) is 1.71. The number of nitrogens with one attached hydrogen (secondary N) is 1. The van der Waals surface area contributed by atoms with Crippen LogP contribution in [0.2, 0.25) is 0 Å². The second-order valence-corrected chi connectivity index (χ2v) is 4.10. The van der Waals surface area contributed by atoms with Crippen LogP contribution in [0.3, 0.4) is 0 Å². The summed E-state index contributed by atoms with van der Waals surface area (Å²) in [6.07, 6.45) is 0. The zero-order valence-electron chi connectivity index (χ0n) is 8.82. The maximum atomic E-state index is 11.8. The Morgan fingerprint density at radius 3 is 2.57 bits per heavy atom. The van der Waals surface area contributed by atoms with E-state index >= 15 is 0 Å². The Kier molecular flexibility index (Phi) is 2.19. The van der Waals surface area contributed by atoms with Crippen molar-refractivity contribution in [3.8, 4) is 0 Å². The summed E-state index contributed by atoms with van der Waals surface area (Å²) < 4.78 is 3.24. The summed E-state index contributed by atoms with van der Waals surface area (Å²) in [6, 6.07) is 0.300. The van der Waals surface area contributed by atoms with E-state index in [0.717, 1.165) is 18.9 Å². The van der Waals surface area contributed by atoms with Gasteiger partial charge in [-0.15, -0.1) is 0 Å². The number of rotatable bonds is 2. The lowest BCUT2D eigenvalue weighted by atomic mass is 10.1. The Bertz CT molecular complexity index is 386. The van der Waals surface area contributed by atoms with Gasteiger partial charge in [0.2, 0.25) is 0 Å². The molecule has 0 unspecified atom stereocenters. The third-order valence-corrected chi connectivity index (χ3v) is 2.62. The maximum absolute atomic E-state index is 11.8. The van der Waals surface area contributed by atoms with Gasteiger partial charge in [-0.1, -0.05) is 13.8 Å². The highest BCUT2D eigenvalue weighted by atomic mass is 16.2. The van der Waals surface area contributed by atoms with Crippen molar-refractivity contribution in [1.29, 1.82) is 0 Å². The molecule has 1 aromatic heterocycles. The minimum Gasteiger partial charge on any atom is -0.313 e. The Labute approximate surface area is 82.7 Å². The summed E-state index contributed by atoms with van der Waals surface area (Å²) in [5.41, 5.74) is 0.000185. The fourth-order valence-electron chi connectivity index (χ4n) is 1.69. The van der Waals surface area contributed by atoms with Crippen molar-refractivity contribution in [3.63, 3.8) is 0 Å². The summed E-state index contributed by atoms with van der Waals surface area (Å²) >= 11 is 0. The van der Waals surface area contributed by atoms with Gasteiger partial charge in [-0.2, -0.15) is 5.10 Å². The highest BCUT2D eigenvalue weighted by molar-refractivity contribution is 4.99. The van der Waals surface area contributed by atoms with Crippen molar-refractivity contribution < 1.29 is 0 Å². The molecule has 1 saturated heterocycles. The first-order chi connectivity index (χ1) is 6.61. The van der Waals surface area contributed by atoms with E-state index in [9.17, 15) is 4.79 Å². The van der Waals surface area contributed by atoms with Gasteiger partial charge in [0.15, 0.2) is 0 Å². The number of aromatic nitrogens is 3. The molecule has 1 aliphatic rings. The van der Waals surface area contributed by atoms with Crippen LogP contribution in [-0.2, 0) is 7.05 Å². The van der Waals surface area contributed by atoms with Gasteiger partial charge in [0.1, 0.15) is 5.82 Å². The fourth-order valence-corrected chi connectivity index (χ4v) is 1.69. The van der Waals surface area contributed by atoms with E-state index < -0.39 is 0 Å². The first kappa shape index (κ1) is 9.45. The fraction of sp³-hybridized carbons (Fsp3) is 0.778. The highest BCUT2D eigenvalue weighted by Crippen LogP contribution is 2.16. The van der Waals surface area contributed by atoms with Crippen molar-refractivity contribution >= 4 is 0 Å². The first-order valence-electron chi connectivity index (χ1n) is 4.97. The zero-order valence-corrected chi connectivity index (χ0v) is 8.82. The smallest absolute Gasteiger partial charge is 0.313 e. The zero-order chi connectivity index (χ0) is 10.3. The predicted molar refractivity (Wildman–Crippen MR) is 53.5 cm³/mol. The van der Waals surface area contributed by atoms with Gasteiger partial charge in [-0.25, -0.2) is 9.48 Å². The van der Waals surface area contributed by atoms with E-state index in [1.54, 1.807) is 7.05 Å². The SMILES string of the molecule is CC(C)c1nn(C)c(=O)n1C1CNC1. The molecular weight excluding hydrogens is 180 g/mol. The van der Waals surface area contributed by atoms with Crippen molar-refractivity contribution in [1.82, 2.24) is 19.7 Å². The largest absolute Gasteiger partial charge is 0.346 e. The minimum atomic E-state index is 0.000185. The number of nitrogens with zero attached hydrogens (tertiary/aromatic N) is 3. The van der Waals surface area contributed by atoms with Crippen molar-refractivity contribution in [2.45, 2.75) is 25.8 Å². The molecule has 0 bridgehead atoms. The summed E-state index contributed by atoms with van der Waals surface area (Å²) in [5, 5.41) is 7.42. The monoisotopic (exact) mass is 196 g/mol. The number of aryl methyl sites for hydroxylation is 1. The van der Waals surface area contributed by atoms with E-state index in [2.05, 4.69) is 24.3 Å². The van der Waals surface area contributed by atoms with Gasteiger partial charge in [-0.3, -0.25) is 4.57 Å². The first-order valence-corrected chi connectivity index (χ1v) is 4.97. The van der Waals surface area contributed by atoms with Gasteiger partial charge >= 0.3 is 5.69 Å². The molecule has 1 aromatic rings. The standard InChI is InChI=1S/C9H16N4O/c1-6(2)8-11-12(3)9(14)13(8)7-4-10-5-7/h6-7,10H,4-5H2,1-3H3. The van der Waals surface area contributed by atoms with Crippen LogP contribution in [0, 0.1) is 0 Å². The van der Waals surface area contributed by atoms with Crippen molar-refractivity contribution in [2.75, 3.05) is 13.1 Å². The molecule has 1 fully saturated rings. The Morgan fingerprint density at radius 2 is 2.14 bits per heavy atom. The van der Waals surface area contributed by atoms with E-state index in [1.165, 1.54) is 4.68 Å². The highest BCUT2D eigenvalue weighted by Gasteiger charge is 2.26. The van der Waals surface area contributed by atoms with E-state index in [-0.39, 0.29) is 5.69 Å². The van der Waals surface area contributed by atoms with Crippen LogP contribution < -0.4 is 11.0 Å². The molecule has 1 aliphatic heterocycles. The number of hydrogen-bond donors (Lipinski definition) is 1. The molecule has 0 amide bonds. The maximum Gasteiger partial charge on any atom is 0.346 e. The molecule has 5 nitrogen and oxygen atoms in total. The molecule has 0 radical (unpaired) electrons. The quantitative estimate of drug-likeness (QED) is 0.715. The third kappa shape index (κ3) is 1.28. The lowest BCUT2D eigenvalue weighted by molar-refractivity contribution is 0.324. The van der Waals surface area contributed by atoms with Crippen molar-refractivity contribution in [3.05, 3.63) is 16.3 Å². The summed E-state index contributed by atoms with van der Waals surface area (Å²) in [4.78, 5) is 11.8. The van der Waals surface area contributed by atoms with E-state index in [0.29, 0.717) is 12.0 Å². The molecule has 14 heavy (non-hydrogen) atoms. The molecule has 5 heteroatoms. The second kappa shape index (κ2) is 3.24. The lowest BCUT2D eigenvalue weighted by Gasteiger charge is -2.29. The topological polar surface area (TPSA) is 51.9 Å². The molecule has 0 aliphatic carbocycles. The van der Waals surface area contributed by atoms with Crippen LogP contribution in [0.25, 0.3) is 0 Å². The predicted octanol–water partition coefficient (Wildman–Crippen LogP) is -0.150. The van der Waals surface area contributed by atoms with Gasteiger partial charge in [0, 0.05) is 26.1 Å². The molecule has 0 atom stereocenters. The normalized spacial score (nSPS) is 17.4. The molecular formula is C9H16N4O. The Balaban J connectivity index is 2.48. The molecule has 2 heterocycles. The second-order valence-electron chi connectivity index (χ2n) is 4.10. The molecule has 0 spiro atoms. The third-order valence-electron chi connectivity index (χ3n) is 2.62. The van der Waals surface area contributed by atoms with Crippen molar-refractivity contribution in [2.24, 2.45) is 7.05 Å². The van der Waals surface area contributed by atoms with Crippen LogP contribution >= 0.6 is 0 Å². The summed E-state index contributed by atoms with van der Waals surface area (Å²) in [6.45, 7) is 5.88. The van der Waals surface area contributed by atoms with E-state index in [1.807, 2.05) is 4.57 Å². The van der Waals surface area contributed by atoms with Crippen LogP contribution in [0.15, 0.2) is 4.79 Å². The molecule has 0 saturated carbocycles. The van der Waals surface area contributed by atoms with Crippen LogP contribution in [0.1, 0.15) is 31.6 Å². The summed E-state index contributed by atoms with van der Waals surface area (Å²) in [5.74, 6) is 1.19. The molecule has 78 valence electrons. The Hall–Kier alpha value is -1.10. The average molecular weight is 196 g/mol. The lowest BCUT2D eigenvalue weighted by Crippen LogP contribution is -2.47. The molecule has 2 rings (SSSR count). The van der Waals surface area contributed by atoms with Crippen LogP contribution in [0.4, 0.5) is 0 Å². The minimum absolute atomic E-state index is 0.000185. The van der Waals surface area contributed by atoms with Crippen LogP contribution in [-0.4, -0.2) is 27.4 Å². The van der Waals surface area contributed by atoms with Crippen LogP contribution in [0.5, 0.6) is 0 Å². The van der Waals surface area contributed by atoms with Gasteiger partial charge in [0.05, 0.1) is 6.04 Å².